The average Bonchev–Trinajstić information content (AvgIpc) is 2.86. The molecule has 2 aromatic rings. The Morgan fingerprint density at radius 1 is 1.29 bits per heavy atom. The Bertz CT molecular complexity index is 495. The Hall–Kier alpha value is -1.68. The van der Waals surface area contributed by atoms with Crippen molar-refractivity contribution in [2.24, 2.45) is 0 Å². The predicted molar refractivity (Wildman–Crippen MR) is 65.6 cm³/mol. The number of carbonyl (C=O) groups excluding carboxylic acids is 1. The minimum absolute atomic E-state index is 0.0134. The number of aromatic nitrogens is 3. The fourth-order valence-electron chi connectivity index (χ4n) is 1.54. The standard InChI is InChI=1S/C12H12ClN3O/c13-8-4-7-12(17)11-9-14-15-16(11)10-5-2-1-3-6-10/h1-3,5-6,9H,4,7-8H2. The third-order valence-electron chi connectivity index (χ3n) is 2.37. The van der Waals surface area contributed by atoms with Crippen LogP contribution in [0.15, 0.2) is 36.5 Å². The van der Waals surface area contributed by atoms with Gasteiger partial charge in [-0.25, -0.2) is 4.68 Å². The van der Waals surface area contributed by atoms with E-state index in [1.54, 1.807) is 4.68 Å². The maximum absolute atomic E-state index is 11.9. The molecule has 88 valence electrons. The Labute approximate surface area is 104 Å². The van der Waals surface area contributed by atoms with Crippen molar-refractivity contribution in [3.63, 3.8) is 0 Å². The van der Waals surface area contributed by atoms with Crippen molar-refractivity contribution >= 4 is 17.4 Å². The highest BCUT2D eigenvalue weighted by Crippen LogP contribution is 2.11. The van der Waals surface area contributed by atoms with Crippen molar-refractivity contribution in [3.05, 3.63) is 42.2 Å². The van der Waals surface area contributed by atoms with Crippen molar-refractivity contribution < 1.29 is 4.79 Å². The molecule has 0 aliphatic rings. The van der Waals surface area contributed by atoms with Gasteiger partial charge in [0.2, 0.25) is 0 Å². The highest BCUT2D eigenvalue weighted by Gasteiger charge is 2.13. The van der Waals surface area contributed by atoms with E-state index in [4.69, 9.17) is 11.6 Å². The Kier molecular flexibility index (Phi) is 3.88. The van der Waals surface area contributed by atoms with Crippen LogP contribution in [0.4, 0.5) is 0 Å². The van der Waals surface area contributed by atoms with Crippen molar-refractivity contribution in [2.75, 3.05) is 5.88 Å². The molecule has 0 atom stereocenters. The largest absolute Gasteiger partial charge is 0.292 e. The van der Waals surface area contributed by atoms with Crippen LogP contribution in [0.25, 0.3) is 5.69 Å². The van der Waals surface area contributed by atoms with Crippen molar-refractivity contribution in [2.45, 2.75) is 12.8 Å². The molecule has 0 radical (unpaired) electrons. The quantitative estimate of drug-likeness (QED) is 0.604. The number of halogens is 1. The van der Waals surface area contributed by atoms with Gasteiger partial charge in [-0.3, -0.25) is 4.79 Å². The fourth-order valence-corrected chi connectivity index (χ4v) is 1.67. The van der Waals surface area contributed by atoms with Gasteiger partial charge in [-0.15, -0.1) is 16.7 Å². The molecule has 0 aliphatic carbocycles. The molecule has 0 spiro atoms. The average molecular weight is 250 g/mol. The molecular formula is C12H12ClN3O. The first-order valence-electron chi connectivity index (χ1n) is 5.38. The van der Waals surface area contributed by atoms with Crippen LogP contribution < -0.4 is 0 Å². The minimum Gasteiger partial charge on any atom is -0.292 e. The van der Waals surface area contributed by atoms with Gasteiger partial charge in [-0.1, -0.05) is 23.4 Å². The minimum atomic E-state index is 0.0134. The molecule has 0 unspecified atom stereocenters. The molecule has 0 saturated carbocycles. The van der Waals surface area contributed by atoms with Crippen LogP contribution in [0.5, 0.6) is 0 Å². The second-order valence-electron chi connectivity index (χ2n) is 3.58. The highest BCUT2D eigenvalue weighted by atomic mass is 35.5. The number of hydrogen-bond donors (Lipinski definition) is 0. The molecule has 5 heteroatoms. The molecule has 0 fully saturated rings. The second-order valence-corrected chi connectivity index (χ2v) is 3.96. The topological polar surface area (TPSA) is 47.8 Å². The van der Waals surface area contributed by atoms with Crippen LogP contribution in [0.2, 0.25) is 0 Å². The van der Waals surface area contributed by atoms with E-state index in [-0.39, 0.29) is 5.78 Å². The molecule has 4 nitrogen and oxygen atoms in total. The molecule has 0 N–H and O–H groups in total. The molecule has 2 rings (SSSR count). The van der Waals surface area contributed by atoms with Gasteiger partial charge in [0.05, 0.1) is 11.9 Å². The van der Waals surface area contributed by atoms with Crippen molar-refractivity contribution in [1.82, 2.24) is 15.0 Å². The third kappa shape index (κ3) is 2.71. The summed E-state index contributed by atoms with van der Waals surface area (Å²) in [4.78, 5) is 11.9. The number of para-hydroxylation sites is 1. The summed E-state index contributed by atoms with van der Waals surface area (Å²) < 4.78 is 1.55. The fraction of sp³-hybridized carbons (Fsp3) is 0.250. The van der Waals surface area contributed by atoms with Crippen molar-refractivity contribution in [1.29, 1.82) is 0 Å². The smallest absolute Gasteiger partial charge is 0.183 e. The van der Waals surface area contributed by atoms with Gasteiger partial charge >= 0.3 is 0 Å². The van der Waals surface area contributed by atoms with E-state index in [2.05, 4.69) is 10.3 Å². The maximum Gasteiger partial charge on any atom is 0.183 e. The van der Waals surface area contributed by atoms with E-state index < -0.39 is 0 Å². The van der Waals surface area contributed by atoms with Gasteiger partial charge in [0, 0.05) is 12.3 Å². The van der Waals surface area contributed by atoms with Gasteiger partial charge in [0.15, 0.2) is 5.78 Å². The summed E-state index contributed by atoms with van der Waals surface area (Å²) in [5.74, 6) is 0.498. The van der Waals surface area contributed by atoms with Crippen LogP contribution >= 0.6 is 11.6 Å². The Morgan fingerprint density at radius 2 is 2.06 bits per heavy atom. The van der Waals surface area contributed by atoms with Gasteiger partial charge < -0.3 is 0 Å². The van der Waals surface area contributed by atoms with E-state index >= 15 is 0 Å². The first-order valence-corrected chi connectivity index (χ1v) is 5.91. The number of rotatable bonds is 5. The van der Waals surface area contributed by atoms with E-state index in [0.29, 0.717) is 24.4 Å². The number of alkyl halides is 1. The Morgan fingerprint density at radius 3 is 2.76 bits per heavy atom. The number of Topliss-reactive ketones (excluding diaryl/α,β-unsaturated/α-hetero) is 1. The third-order valence-corrected chi connectivity index (χ3v) is 2.64. The van der Waals surface area contributed by atoms with E-state index in [1.165, 1.54) is 6.20 Å². The maximum atomic E-state index is 11.9. The summed E-state index contributed by atoms with van der Waals surface area (Å²) in [6.45, 7) is 0. The number of benzene rings is 1. The first-order chi connectivity index (χ1) is 8.33. The highest BCUT2D eigenvalue weighted by molar-refractivity contribution is 6.18. The van der Waals surface area contributed by atoms with E-state index in [1.807, 2.05) is 30.3 Å². The van der Waals surface area contributed by atoms with Crippen LogP contribution in [-0.4, -0.2) is 26.7 Å². The lowest BCUT2D eigenvalue weighted by Gasteiger charge is -2.04. The van der Waals surface area contributed by atoms with Crippen molar-refractivity contribution in [3.8, 4) is 5.69 Å². The zero-order valence-corrected chi connectivity index (χ0v) is 9.97. The number of nitrogens with zero attached hydrogens (tertiary/aromatic N) is 3. The summed E-state index contributed by atoms with van der Waals surface area (Å²) in [6.07, 6.45) is 2.58. The summed E-state index contributed by atoms with van der Waals surface area (Å²) in [7, 11) is 0. The first kappa shape index (κ1) is 11.8. The molecule has 1 aromatic carbocycles. The molecule has 0 bridgehead atoms. The molecule has 0 saturated heterocycles. The zero-order chi connectivity index (χ0) is 12.1. The number of hydrogen-bond acceptors (Lipinski definition) is 3. The van der Waals surface area contributed by atoms with Gasteiger partial charge in [0.25, 0.3) is 0 Å². The van der Waals surface area contributed by atoms with Gasteiger partial charge in [-0.05, 0) is 18.6 Å². The SMILES string of the molecule is O=C(CCCCl)c1cnnn1-c1ccccc1. The van der Waals surface area contributed by atoms with E-state index in [0.717, 1.165) is 5.69 Å². The molecule has 17 heavy (non-hydrogen) atoms. The molecule has 1 aromatic heterocycles. The summed E-state index contributed by atoms with van der Waals surface area (Å²) in [5.41, 5.74) is 1.33. The number of ketones is 1. The lowest BCUT2D eigenvalue weighted by atomic mass is 10.2. The molecule has 0 aliphatic heterocycles. The second kappa shape index (κ2) is 5.59. The summed E-state index contributed by atoms with van der Waals surface area (Å²) >= 11 is 5.57. The molecule has 1 heterocycles. The summed E-state index contributed by atoms with van der Waals surface area (Å²) in [5, 5.41) is 7.72. The van der Waals surface area contributed by atoms with Crippen LogP contribution in [0, 0.1) is 0 Å². The monoisotopic (exact) mass is 249 g/mol. The van der Waals surface area contributed by atoms with Gasteiger partial charge in [-0.2, -0.15) is 0 Å². The van der Waals surface area contributed by atoms with Crippen LogP contribution in [-0.2, 0) is 0 Å². The lowest BCUT2D eigenvalue weighted by molar-refractivity contribution is 0.0974. The van der Waals surface area contributed by atoms with Crippen LogP contribution in [0.3, 0.4) is 0 Å². The molecular weight excluding hydrogens is 238 g/mol. The lowest BCUT2D eigenvalue weighted by Crippen LogP contribution is -2.08. The zero-order valence-electron chi connectivity index (χ0n) is 9.21. The Balaban J connectivity index is 2.26. The predicted octanol–water partition coefficient (Wildman–Crippen LogP) is 2.47. The number of carbonyl (C=O) groups is 1. The normalized spacial score (nSPS) is 10.4. The van der Waals surface area contributed by atoms with E-state index in [9.17, 15) is 4.79 Å². The van der Waals surface area contributed by atoms with Crippen LogP contribution in [0.1, 0.15) is 23.3 Å². The molecule has 0 amide bonds. The summed E-state index contributed by atoms with van der Waals surface area (Å²) in [6, 6.07) is 9.46. The van der Waals surface area contributed by atoms with Gasteiger partial charge in [0.1, 0.15) is 5.69 Å².